The molecule has 0 fully saturated rings. The lowest BCUT2D eigenvalue weighted by Gasteiger charge is -2.26. The molecule has 0 spiro atoms. The van der Waals surface area contributed by atoms with Crippen LogP contribution in [0.2, 0.25) is 0 Å². The molecule has 0 aliphatic heterocycles. The van der Waals surface area contributed by atoms with Gasteiger partial charge in [-0.05, 0) is 63.5 Å². The summed E-state index contributed by atoms with van der Waals surface area (Å²) in [5.74, 6) is -3.34. The molecule has 0 aromatic rings. The maximum atomic E-state index is 14.2. The highest BCUT2D eigenvalue weighted by atomic mass is 19.1. The highest BCUT2D eigenvalue weighted by Gasteiger charge is 2.24. The molecule has 4 N–H and O–H groups in total. The molecule has 0 saturated carbocycles. The summed E-state index contributed by atoms with van der Waals surface area (Å²) < 4.78 is 28.4. The molecule has 0 rings (SSSR count). The van der Waals surface area contributed by atoms with Crippen LogP contribution in [0.1, 0.15) is 104 Å². The fourth-order valence-corrected chi connectivity index (χ4v) is 3.66. The van der Waals surface area contributed by atoms with E-state index in [0.29, 0.717) is 25.7 Å². The number of halogens is 2. The summed E-state index contributed by atoms with van der Waals surface area (Å²) in [6, 6.07) is -1.03. The first-order chi connectivity index (χ1) is 16.4. The van der Waals surface area contributed by atoms with Crippen molar-refractivity contribution in [1.82, 2.24) is 10.6 Å². The molecule has 2 unspecified atom stereocenters. The van der Waals surface area contributed by atoms with Crippen LogP contribution in [0.4, 0.5) is 8.78 Å². The van der Waals surface area contributed by atoms with Gasteiger partial charge in [0, 0.05) is 25.3 Å². The lowest BCUT2D eigenvalue weighted by atomic mass is 10.0. The number of carbonyl (C=O) groups excluding carboxylic acids is 2. The van der Waals surface area contributed by atoms with Crippen LogP contribution in [0.3, 0.4) is 0 Å². The molecule has 2 amide bonds. The van der Waals surface area contributed by atoms with E-state index >= 15 is 0 Å². The third kappa shape index (κ3) is 15.9. The van der Waals surface area contributed by atoms with Gasteiger partial charge in [0.15, 0.2) is 11.7 Å². The van der Waals surface area contributed by atoms with E-state index in [0.717, 1.165) is 64.2 Å². The highest BCUT2D eigenvalue weighted by molar-refractivity contribution is 5.92. The minimum Gasteiger partial charge on any atom is -0.396 e. The lowest BCUT2D eigenvalue weighted by molar-refractivity contribution is -0.122. The van der Waals surface area contributed by atoms with E-state index in [1.54, 1.807) is 0 Å². The molecule has 8 heteroatoms. The summed E-state index contributed by atoms with van der Waals surface area (Å²) in [6.45, 7) is 4.00. The van der Waals surface area contributed by atoms with Crippen molar-refractivity contribution in [2.45, 2.75) is 116 Å². The molecule has 0 radical (unpaired) electrons. The maximum absolute atomic E-state index is 14.2. The summed E-state index contributed by atoms with van der Waals surface area (Å²) in [5.41, 5.74) is 0. The zero-order valence-electron chi connectivity index (χ0n) is 21.1. The zero-order chi connectivity index (χ0) is 25.6. The van der Waals surface area contributed by atoms with Crippen LogP contribution >= 0.6 is 0 Å². The van der Waals surface area contributed by atoms with Gasteiger partial charge in [0.1, 0.15) is 0 Å². The molecule has 0 bridgehead atoms. The quantitative estimate of drug-likeness (QED) is 0.133. The van der Waals surface area contributed by atoms with Crippen molar-refractivity contribution in [3.63, 3.8) is 0 Å². The van der Waals surface area contributed by atoms with Gasteiger partial charge in [0.2, 0.25) is 0 Å². The molecule has 0 aromatic heterocycles. The molecule has 198 valence electrons. The Kier molecular flexibility index (Phi) is 20.6. The highest BCUT2D eigenvalue weighted by Crippen LogP contribution is 2.12. The third-order valence-corrected chi connectivity index (χ3v) is 5.80. The summed E-state index contributed by atoms with van der Waals surface area (Å²) in [4.78, 5) is 24.5. The second kappa shape index (κ2) is 21.7. The molecule has 2 atom stereocenters. The number of aliphatic hydroxyl groups is 2. The molecule has 0 saturated heterocycles. The van der Waals surface area contributed by atoms with Crippen LogP contribution in [0.5, 0.6) is 0 Å². The summed E-state index contributed by atoms with van der Waals surface area (Å²) in [6.07, 6.45) is 13.1. The second-order valence-corrected chi connectivity index (χ2v) is 8.64. The number of hydrogen-bond donors (Lipinski definition) is 4. The van der Waals surface area contributed by atoms with Gasteiger partial charge in [0.25, 0.3) is 11.8 Å². The molecule has 6 nitrogen and oxygen atoms in total. The SMILES string of the molecule is CCC(NC(=O)C(F)=CCCCCCCCO)C(CC)NC(=O)C(F)=CCCCCCCCO. The Morgan fingerprint density at radius 2 is 0.971 bits per heavy atom. The summed E-state index contributed by atoms with van der Waals surface area (Å²) >= 11 is 0. The first-order valence-corrected chi connectivity index (χ1v) is 13.0. The predicted octanol–water partition coefficient (Wildman–Crippen LogP) is 5.15. The standard InChI is InChI=1S/C26H46F2N2O4/c1-3-23(29-25(33)21(27)17-13-9-5-7-11-15-19-31)24(4-2)30-26(34)22(28)18-14-10-6-8-12-16-20-32/h17-18,23-24,31-32H,3-16,19-20H2,1-2H3,(H,29,33)(H,30,34). The normalized spacial score (nSPS) is 14.1. The minimum atomic E-state index is -0.847. The van der Waals surface area contributed by atoms with Gasteiger partial charge < -0.3 is 20.8 Å². The number of nitrogens with one attached hydrogen (secondary N) is 2. The minimum absolute atomic E-state index is 0.183. The smallest absolute Gasteiger partial charge is 0.279 e. The number of hydrogen-bond acceptors (Lipinski definition) is 4. The first kappa shape index (κ1) is 32.2. The Balaban J connectivity index is 4.54. The van der Waals surface area contributed by atoms with Gasteiger partial charge in [-0.1, -0.05) is 52.4 Å². The van der Waals surface area contributed by atoms with Crippen molar-refractivity contribution in [3.8, 4) is 0 Å². The molecule has 0 heterocycles. The number of carbonyl (C=O) groups is 2. The van der Waals surface area contributed by atoms with E-state index in [-0.39, 0.29) is 13.2 Å². The molecule has 0 aliphatic carbocycles. The average Bonchev–Trinajstić information content (AvgIpc) is 2.84. The largest absolute Gasteiger partial charge is 0.396 e. The Hall–Kier alpha value is -1.80. The number of aliphatic hydroxyl groups excluding tert-OH is 2. The predicted molar refractivity (Wildman–Crippen MR) is 132 cm³/mol. The van der Waals surface area contributed by atoms with Gasteiger partial charge in [-0.2, -0.15) is 0 Å². The first-order valence-electron chi connectivity index (χ1n) is 13.0. The Morgan fingerprint density at radius 3 is 1.29 bits per heavy atom. The molecule has 34 heavy (non-hydrogen) atoms. The van der Waals surface area contributed by atoms with E-state index in [1.165, 1.54) is 12.2 Å². The van der Waals surface area contributed by atoms with Crippen LogP contribution < -0.4 is 10.6 Å². The number of amides is 2. The average molecular weight is 489 g/mol. The van der Waals surface area contributed by atoms with Crippen LogP contribution in [0.25, 0.3) is 0 Å². The number of unbranched alkanes of at least 4 members (excludes halogenated alkanes) is 10. The van der Waals surface area contributed by atoms with Gasteiger partial charge >= 0.3 is 0 Å². The van der Waals surface area contributed by atoms with Crippen LogP contribution in [0.15, 0.2) is 23.8 Å². The number of allylic oxidation sites excluding steroid dienone is 2. The molecular formula is C26H46F2N2O4. The molecule has 0 aliphatic rings. The summed E-state index contributed by atoms with van der Waals surface area (Å²) in [5, 5.41) is 22.7. The van der Waals surface area contributed by atoms with Crippen LogP contribution in [-0.4, -0.2) is 47.3 Å². The van der Waals surface area contributed by atoms with E-state index in [4.69, 9.17) is 10.2 Å². The molecular weight excluding hydrogens is 442 g/mol. The summed E-state index contributed by atoms with van der Waals surface area (Å²) in [7, 11) is 0. The zero-order valence-corrected chi connectivity index (χ0v) is 21.1. The van der Waals surface area contributed by atoms with E-state index in [1.807, 2.05) is 13.8 Å². The van der Waals surface area contributed by atoms with Gasteiger partial charge in [-0.25, -0.2) is 8.78 Å². The van der Waals surface area contributed by atoms with Crippen molar-refractivity contribution in [2.24, 2.45) is 0 Å². The van der Waals surface area contributed by atoms with Crippen LogP contribution in [0, 0.1) is 0 Å². The van der Waals surface area contributed by atoms with Gasteiger partial charge in [0.05, 0.1) is 0 Å². The topological polar surface area (TPSA) is 98.7 Å². The second-order valence-electron chi connectivity index (χ2n) is 8.64. The monoisotopic (exact) mass is 488 g/mol. The third-order valence-electron chi connectivity index (χ3n) is 5.80. The fraction of sp³-hybridized carbons (Fsp3) is 0.769. The Labute approximate surface area is 204 Å². The van der Waals surface area contributed by atoms with Crippen molar-refractivity contribution < 1.29 is 28.6 Å². The van der Waals surface area contributed by atoms with Crippen molar-refractivity contribution in [3.05, 3.63) is 23.8 Å². The van der Waals surface area contributed by atoms with Gasteiger partial charge in [-0.15, -0.1) is 0 Å². The van der Waals surface area contributed by atoms with E-state index in [9.17, 15) is 18.4 Å². The maximum Gasteiger partial charge on any atom is 0.279 e. The Bertz CT molecular complexity index is 560. The lowest BCUT2D eigenvalue weighted by Crippen LogP contribution is -2.51. The van der Waals surface area contributed by atoms with E-state index < -0.39 is 35.6 Å². The Morgan fingerprint density at radius 1 is 0.647 bits per heavy atom. The van der Waals surface area contributed by atoms with Gasteiger partial charge in [-0.3, -0.25) is 9.59 Å². The van der Waals surface area contributed by atoms with Crippen molar-refractivity contribution in [1.29, 1.82) is 0 Å². The number of rotatable bonds is 21. The van der Waals surface area contributed by atoms with Crippen molar-refractivity contribution >= 4 is 11.8 Å². The fourth-order valence-electron chi connectivity index (χ4n) is 3.66. The van der Waals surface area contributed by atoms with E-state index in [2.05, 4.69) is 10.6 Å². The van der Waals surface area contributed by atoms with Crippen molar-refractivity contribution in [2.75, 3.05) is 13.2 Å². The molecule has 0 aromatic carbocycles. The van der Waals surface area contributed by atoms with Crippen LogP contribution in [-0.2, 0) is 9.59 Å².